The molecule has 0 aliphatic carbocycles. The van der Waals surface area contributed by atoms with Crippen LogP contribution in [0.5, 0.6) is 5.75 Å². The van der Waals surface area contributed by atoms with Gasteiger partial charge in [-0.2, -0.15) is 0 Å². The van der Waals surface area contributed by atoms with Gasteiger partial charge in [0.05, 0.1) is 0 Å². The van der Waals surface area contributed by atoms with Crippen molar-refractivity contribution in [2.45, 2.75) is 6.42 Å². The van der Waals surface area contributed by atoms with Crippen LogP contribution in [-0.4, -0.2) is 40.7 Å². The van der Waals surface area contributed by atoms with E-state index in [1.54, 1.807) is 35.2 Å². The molecule has 1 saturated heterocycles. The van der Waals surface area contributed by atoms with Crippen molar-refractivity contribution in [3.05, 3.63) is 35.9 Å². The highest BCUT2D eigenvalue weighted by Gasteiger charge is 2.23. The van der Waals surface area contributed by atoms with Gasteiger partial charge in [-0.05, 0) is 30.2 Å². The van der Waals surface area contributed by atoms with Crippen LogP contribution in [0, 0.1) is 5.92 Å². The molecule has 0 spiro atoms. The molecule has 1 atom stereocenters. The Morgan fingerprint density at radius 1 is 1.39 bits per heavy atom. The van der Waals surface area contributed by atoms with E-state index < -0.39 is 0 Å². The Kier molecular flexibility index (Phi) is 3.99. The van der Waals surface area contributed by atoms with Crippen molar-refractivity contribution >= 4 is 12.0 Å². The van der Waals surface area contributed by atoms with Crippen molar-refractivity contribution in [3.63, 3.8) is 0 Å². The number of hydrogen-bond donors (Lipinski definition) is 2. The van der Waals surface area contributed by atoms with Gasteiger partial charge >= 0.3 is 0 Å². The number of rotatable bonds is 3. The highest BCUT2D eigenvalue weighted by Crippen LogP contribution is 2.16. The van der Waals surface area contributed by atoms with Crippen molar-refractivity contribution in [1.29, 1.82) is 0 Å². The fourth-order valence-electron chi connectivity index (χ4n) is 2.04. The van der Waals surface area contributed by atoms with Gasteiger partial charge in [-0.1, -0.05) is 12.1 Å². The van der Waals surface area contributed by atoms with Gasteiger partial charge in [0.15, 0.2) is 0 Å². The zero-order chi connectivity index (χ0) is 13.0. The quantitative estimate of drug-likeness (QED) is 0.790. The highest BCUT2D eigenvalue weighted by molar-refractivity contribution is 5.91. The summed E-state index contributed by atoms with van der Waals surface area (Å²) in [5, 5.41) is 18.2. The summed E-state index contributed by atoms with van der Waals surface area (Å²) in [7, 11) is 0. The Morgan fingerprint density at radius 3 is 2.72 bits per heavy atom. The number of amides is 1. The number of likely N-dealkylation sites (tertiary alicyclic amines) is 1. The predicted molar refractivity (Wildman–Crippen MR) is 68.9 cm³/mol. The van der Waals surface area contributed by atoms with Crippen LogP contribution in [0.3, 0.4) is 0 Å². The first-order valence-electron chi connectivity index (χ1n) is 6.06. The summed E-state index contributed by atoms with van der Waals surface area (Å²) in [5.41, 5.74) is 0.874. The average Bonchev–Trinajstić information content (AvgIpc) is 2.86. The van der Waals surface area contributed by atoms with Crippen molar-refractivity contribution in [2.24, 2.45) is 5.92 Å². The third kappa shape index (κ3) is 3.11. The molecule has 1 aliphatic rings. The lowest BCUT2D eigenvalue weighted by molar-refractivity contribution is -0.125. The minimum absolute atomic E-state index is 0.0287. The summed E-state index contributed by atoms with van der Waals surface area (Å²) >= 11 is 0. The second-order valence-electron chi connectivity index (χ2n) is 4.55. The average molecular weight is 247 g/mol. The molecule has 0 saturated carbocycles. The molecule has 1 aliphatic heterocycles. The summed E-state index contributed by atoms with van der Waals surface area (Å²) in [5.74, 6) is 0.402. The van der Waals surface area contributed by atoms with Gasteiger partial charge in [0, 0.05) is 31.7 Å². The van der Waals surface area contributed by atoms with E-state index in [-0.39, 0.29) is 24.2 Å². The maximum Gasteiger partial charge on any atom is 0.246 e. The molecule has 1 fully saturated rings. The van der Waals surface area contributed by atoms with E-state index in [4.69, 9.17) is 10.2 Å². The van der Waals surface area contributed by atoms with Gasteiger partial charge in [-0.15, -0.1) is 0 Å². The van der Waals surface area contributed by atoms with E-state index in [9.17, 15) is 4.79 Å². The number of aliphatic hydroxyl groups excluding tert-OH is 1. The Hall–Kier alpha value is -1.81. The van der Waals surface area contributed by atoms with E-state index in [0.717, 1.165) is 12.0 Å². The number of phenols is 1. The number of aromatic hydroxyl groups is 1. The number of carbonyl (C=O) groups excluding carboxylic acids is 1. The number of phenolic OH excluding ortho intramolecular Hbond substituents is 1. The smallest absolute Gasteiger partial charge is 0.246 e. The summed E-state index contributed by atoms with van der Waals surface area (Å²) in [6.07, 6.45) is 4.13. The summed E-state index contributed by atoms with van der Waals surface area (Å²) < 4.78 is 0. The van der Waals surface area contributed by atoms with E-state index >= 15 is 0 Å². The first-order chi connectivity index (χ1) is 8.69. The number of nitrogens with zero attached hydrogens (tertiary/aromatic N) is 1. The molecule has 1 heterocycles. The van der Waals surface area contributed by atoms with Gasteiger partial charge in [-0.25, -0.2) is 0 Å². The van der Waals surface area contributed by atoms with Crippen molar-refractivity contribution in [2.75, 3.05) is 19.7 Å². The van der Waals surface area contributed by atoms with Crippen LogP contribution >= 0.6 is 0 Å². The molecule has 2 N–H and O–H groups in total. The maximum absolute atomic E-state index is 11.9. The van der Waals surface area contributed by atoms with E-state index in [1.807, 2.05) is 0 Å². The van der Waals surface area contributed by atoms with Crippen LogP contribution in [0.1, 0.15) is 12.0 Å². The van der Waals surface area contributed by atoms with Crippen molar-refractivity contribution < 1.29 is 15.0 Å². The fraction of sp³-hybridized carbons (Fsp3) is 0.357. The lowest BCUT2D eigenvalue weighted by atomic mass is 10.1. The summed E-state index contributed by atoms with van der Waals surface area (Å²) in [6.45, 7) is 1.49. The Balaban J connectivity index is 1.93. The molecule has 0 radical (unpaired) electrons. The van der Waals surface area contributed by atoms with Crippen LogP contribution in [0.2, 0.25) is 0 Å². The molecular weight excluding hydrogens is 230 g/mol. The number of carbonyl (C=O) groups is 1. The summed E-state index contributed by atoms with van der Waals surface area (Å²) in [6, 6.07) is 6.67. The monoisotopic (exact) mass is 247 g/mol. The van der Waals surface area contributed by atoms with Crippen molar-refractivity contribution in [3.8, 4) is 5.75 Å². The third-order valence-electron chi connectivity index (χ3n) is 3.17. The first kappa shape index (κ1) is 12.6. The molecule has 1 amide bonds. The van der Waals surface area contributed by atoms with Crippen LogP contribution in [-0.2, 0) is 4.79 Å². The lowest BCUT2D eigenvalue weighted by Crippen LogP contribution is -2.27. The SMILES string of the molecule is O=C(C=Cc1ccc(O)cc1)N1CCC(CO)C1. The predicted octanol–water partition coefficient (Wildman–Crippen LogP) is 1.25. The number of hydrogen-bond acceptors (Lipinski definition) is 3. The zero-order valence-electron chi connectivity index (χ0n) is 10.1. The zero-order valence-corrected chi connectivity index (χ0v) is 10.1. The van der Waals surface area contributed by atoms with Gasteiger partial charge in [0.1, 0.15) is 5.75 Å². The molecule has 4 nitrogen and oxygen atoms in total. The minimum Gasteiger partial charge on any atom is -0.508 e. The van der Waals surface area contributed by atoms with E-state index in [2.05, 4.69) is 0 Å². The maximum atomic E-state index is 11.9. The standard InChI is InChI=1S/C14H17NO3/c16-10-12-7-8-15(9-12)14(18)6-3-11-1-4-13(17)5-2-11/h1-6,12,16-17H,7-10H2. The third-order valence-corrected chi connectivity index (χ3v) is 3.17. The Morgan fingerprint density at radius 2 is 2.11 bits per heavy atom. The molecule has 0 bridgehead atoms. The van der Waals surface area contributed by atoms with Gasteiger partial charge in [-0.3, -0.25) is 4.79 Å². The molecule has 4 heteroatoms. The molecule has 1 unspecified atom stereocenters. The lowest BCUT2D eigenvalue weighted by Gasteiger charge is -2.13. The highest BCUT2D eigenvalue weighted by atomic mass is 16.3. The van der Waals surface area contributed by atoms with Crippen LogP contribution in [0.25, 0.3) is 6.08 Å². The fourth-order valence-corrected chi connectivity index (χ4v) is 2.04. The molecule has 2 rings (SSSR count). The molecule has 18 heavy (non-hydrogen) atoms. The molecule has 96 valence electrons. The summed E-state index contributed by atoms with van der Waals surface area (Å²) in [4.78, 5) is 13.6. The molecule has 1 aromatic carbocycles. The Bertz CT molecular complexity index is 439. The van der Waals surface area contributed by atoms with Gasteiger partial charge < -0.3 is 15.1 Å². The van der Waals surface area contributed by atoms with Gasteiger partial charge in [0.25, 0.3) is 0 Å². The van der Waals surface area contributed by atoms with E-state index in [1.165, 1.54) is 6.08 Å². The normalized spacial score (nSPS) is 19.6. The second-order valence-corrected chi connectivity index (χ2v) is 4.55. The second kappa shape index (κ2) is 5.69. The van der Waals surface area contributed by atoms with E-state index in [0.29, 0.717) is 13.1 Å². The number of benzene rings is 1. The Labute approximate surface area is 106 Å². The van der Waals surface area contributed by atoms with Gasteiger partial charge in [0.2, 0.25) is 5.91 Å². The molecule has 0 aromatic heterocycles. The molecular formula is C14H17NO3. The van der Waals surface area contributed by atoms with Crippen LogP contribution in [0.4, 0.5) is 0 Å². The van der Waals surface area contributed by atoms with Crippen LogP contribution in [0.15, 0.2) is 30.3 Å². The first-order valence-corrected chi connectivity index (χ1v) is 6.06. The molecule has 1 aromatic rings. The van der Waals surface area contributed by atoms with Crippen molar-refractivity contribution in [1.82, 2.24) is 4.90 Å². The minimum atomic E-state index is -0.0287. The topological polar surface area (TPSA) is 60.8 Å². The number of aliphatic hydroxyl groups is 1. The largest absolute Gasteiger partial charge is 0.508 e. The van der Waals surface area contributed by atoms with Crippen LogP contribution < -0.4 is 0 Å².